The van der Waals surface area contributed by atoms with Gasteiger partial charge in [0, 0.05) is 18.0 Å². The van der Waals surface area contributed by atoms with E-state index in [0.29, 0.717) is 35.3 Å². The van der Waals surface area contributed by atoms with Crippen LogP contribution in [0, 0.1) is 0 Å². The highest BCUT2D eigenvalue weighted by Crippen LogP contribution is 2.34. The molecule has 0 fully saturated rings. The van der Waals surface area contributed by atoms with E-state index >= 15 is 0 Å². The Kier molecular flexibility index (Phi) is 5.16. The van der Waals surface area contributed by atoms with Crippen LogP contribution < -0.4 is 29.6 Å². The molecule has 10 heteroatoms. The summed E-state index contributed by atoms with van der Waals surface area (Å²) in [6.07, 6.45) is 4.88. The van der Waals surface area contributed by atoms with E-state index in [1.165, 1.54) is 6.33 Å². The second-order valence-corrected chi connectivity index (χ2v) is 6.91. The molecule has 0 spiro atoms. The Morgan fingerprint density at radius 1 is 0.906 bits per heavy atom. The fraction of sp³-hybridized carbons (Fsp3) is 0.182. The predicted molar refractivity (Wildman–Crippen MR) is 118 cm³/mol. The summed E-state index contributed by atoms with van der Waals surface area (Å²) in [5.41, 5.74) is 2.56. The molecule has 4 aromatic rings. The highest BCUT2D eigenvalue weighted by Gasteiger charge is 2.14. The standard InChI is InChI=1S/C22H20N6O4/c1-29-18-6-15-16(7-19(18)30-2)26-11-27-21(15)28-22-24-9-14(10-25-22)23-8-13-3-4-17-20(5-13)32-12-31-17/h3-7,9-11,23H,8,12H2,1-2H3,(H,24,25,26,27,28). The lowest BCUT2D eigenvalue weighted by molar-refractivity contribution is 0.174. The summed E-state index contributed by atoms with van der Waals surface area (Å²) >= 11 is 0. The molecule has 0 radical (unpaired) electrons. The fourth-order valence-corrected chi connectivity index (χ4v) is 3.33. The summed E-state index contributed by atoms with van der Waals surface area (Å²) in [6.45, 7) is 0.863. The van der Waals surface area contributed by atoms with Gasteiger partial charge in [0.1, 0.15) is 12.1 Å². The smallest absolute Gasteiger partial charge is 0.231 e. The first kappa shape index (κ1) is 19.6. The Labute approximate surface area is 183 Å². The second kappa shape index (κ2) is 8.42. The number of methoxy groups -OCH3 is 2. The fourth-order valence-electron chi connectivity index (χ4n) is 3.33. The predicted octanol–water partition coefficient (Wildman–Crippen LogP) is 3.52. The molecule has 1 aliphatic heterocycles. The van der Waals surface area contributed by atoms with Gasteiger partial charge in [0.05, 0.1) is 37.8 Å². The van der Waals surface area contributed by atoms with Crippen molar-refractivity contribution < 1.29 is 18.9 Å². The van der Waals surface area contributed by atoms with Crippen molar-refractivity contribution in [2.45, 2.75) is 6.54 Å². The van der Waals surface area contributed by atoms with Crippen molar-refractivity contribution in [3.8, 4) is 23.0 Å². The Morgan fingerprint density at radius 2 is 1.69 bits per heavy atom. The number of nitrogens with zero attached hydrogens (tertiary/aromatic N) is 4. The third kappa shape index (κ3) is 3.85. The summed E-state index contributed by atoms with van der Waals surface area (Å²) in [5, 5.41) is 7.20. The topological polar surface area (TPSA) is 113 Å². The number of ether oxygens (including phenoxy) is 4. The molecule has 5 rings (SSSR count). The molecule has 0 saturated carbocycles. The summed E-state index contributed by atoms with van der Waals surface area (Å²) in [6, 6.07) is 9.46. The molecule has 0 saturated heterocycles. The minimum Gasteiger partial charge on any atom is -0.493 e. The molecule has 0 amide bonds. The van der Waals surface area contributed by atoms with E-state index < -0.39 is 0 Å². The van der Waals surface area contributed by atoms with Gasteiger partial charge in [-0.05, 0) is 23.8 Å². The summed E-state index contributed by atoms with van der Waals surface area (Å²) in [7, 11) is 3.17. The van der Waals surface area contributed by atoms with Gasteiger partial charge in [0.25, 0.3) is 0 Å². The maximum absolute atomic E-state index is 5.41. The molecule has 32 heavy (non-hydrogen) atoms. The van der Waals surface area contributed by atoms with Gasteiger partial charge in [0.15, 0.2) is 23.0 Å². The average Bonchev–Trinajstić information content (AvgIpc) is 3.31. The molecule has 0 bridgehead atoms. The van der Waals surface area contributed by atoms with Crippen LogP contribution in [0.1, 0.15) is 5.56 Å². The third-order valence-electron chi connectivity index (χ3n) is 4.96. The molecule has 2 aromatic heterocycles. The van der Waals surface area contributed by atoms with Crippen molar-refractivity contribution in [3.05, 3.63) is 54.6 Å². The van der Waals surface area contributed by atoms with E-state index in [-0.39, 0.29) is 6.79 Å². The third-order valence-corrected chi connectivity index (χ3v) is 4.96. The molecule has 2 N–H and O–H groups in total. The molecule has 0 unspecified atom stereocenters. The molecule has 0 atom stereocenters. The number of rotatable bonds is 7. The van der Waals surface area contributed by atoms with Crippen LogP contribution in [-0.2, 0) is 6.54 Å². The number of benzene rings is 2. The number of aromatic nitrogens is 4. The maximum Gasteiger partial charge on any atom is 0.231 e. The first-order chi connectivity index (χ1) is 15.7. The molecule has 1 aliphatic rings. The van der Waals surface area contributed by atoms with Crippen LogP contribution in [-0.4, -0.2) is 40.9 Å². The quantitative estimate of drug-likeness (QED) is 0.450. The van der Waals surface area contributed by atoms with Crippen LogP contribution in [0.2, 0.25) is 0 Å². The van der Waals surface area contributed by atoms with E-state index in [0.717, 1.165) is 28.1 Å². The summed E-state index contributed by atoms with van der Waals surface area (Å²) in [5.74, 6) is 3.68. The lowest BCUT2D eigenvalue weighted by Crippen LogP contribution is -2.03. The van der Waals surface area contributed by atoms with E-state index in [9.17, 15) is 0 Å². The van der Waals surface area contributed by atoms with Gasteiger partial charge in [-0.2, -0.15) is 0 Å². The van der Waals surface area contributed by atoms with Crippen LogP contribution in [0.4, 0.5) is 17.5 Å². The first-order valence-corrected chi connectivity index (χ1v) is 9.81. The van der Waals surface area contributed by atoms with Gasteiger partial charge in [-0.1, -0.05) is 6.07 Å². The molecule has 162 valence electrons. The van der Waals surface area contributed by atoms with E-state index in [4.69, 9.17) is 18.9 Å². The van der Waals surface area contributed by atoms with Crippen molar-refractivity contribution in [1.29, 1.82) is 0 Å². The van der Waals surface area contributed by atoms with E-state index in [1.54, 1.807) is 32.7 Å². The average molecular weight is 432 g/mol. The van der Waals surface area contributed by atoms with Gasteiger partial charge < -0.3 is 29.6 Å². The summed E-state index contributed by atoms with van der Waals surface area (Å²) < 4.78 is 21.5. The van der Waals surface area contributed by atoms with Crippen LogP contribution >= 0.6 is 0 Å². The van der Waals surface area contributed by atoms with Gasteiger partial charge in [-0.25, -0.2) is 19.9 Å². The minimum absolute atomic E-state index is 0.260. The SMILES string of the molecule is COc1cc2ncnc(Nc3ncc(NCc4ccc5c(c4)OCO5)cn3)c2cc1OC. The molecule has 0 aliphatic carbocycles. The van der Waals surface area contributed by atoms with Gasteiger partial charge in [-0.3, -0.25) is 0 Å². The molecular formula is C22H20N6O4. The van der Waals surface area contributed by atoms with Crippen LogP contribution in [0.25, 0.3) is 10.9 Å². The number of fused-ring (bicyclic) bond motifs is 2. The van der Waals surface area contributed by atoms with Gasteiger partial charge in [0.2, 0.25) is 12.7 Å². The zero-order chi connectivity index (χ0) is 21.9. The number of hydrogen-bond acceptors (Lipinski definition) is 10. The molecule has 10 nitrogen and oxygen atoms in total. The Bertz CT molecular complexity index is 1270. The number of nitrogens with one attached hydrogen (secondary N) is 2. The Hall–Kier alpha value is -4.34. The Balaban J connectivity index is 1.30. The van der Waals surface area contributed by atoms with E-state index in [1.807, 2.05) is 24.3 Å². The number of anilines is 3. The second-order valence-electron chi connectivity index (χ2n) is 6.91. The van der Waals surface area contributed by atoms with Crippen molar-refractivity contribution >= 4 is 28.4 Å². The van der Waals surface area contributed by atoms with E-state index in [2.05, 4.69) is 30.6 Å². The van der Waals surface area contributed by atoms with Crippen molar-refractivity contribution in [1.82, 2.24) is 19.9 Å². The zero-order valence-electron chi connectivity index (χ0n) is 17.5. The highest BCUT2D eigenvalue weighted by molar-refractivity contribution is 5.92. The van der Waals surface area contributed by atoms with Crippen LogP contribution in [0.15, 0.2) is 49.1 Å². The first-order valence-electron chi connectivity index (χ1n) is 9.81. The van der Waals surface area contributed by atoms with Crippen molar-refractivity contribution in [2.75, 3.05) is 31.6 Å². The number of hydrogen-bond donors (Lipinski definition) is 2. The Morgan fingerprint density at radius 3 is 2.50 bits per heavy atom. The van der Waals surface area contributed by atoms with Crippen LogP contribution in [0.5, 0.6) is 23.0 Å². The molecule has 3 heterocycles. The summed E-state index contributed by atoms with van der Waals surface area (Å²) in [4.78, 5) is 17.4. The van der Waals surface area contributed by atoms with Crippen LogP contribution in [0.3, 0.4) is 0 Å². The largest absolute Gasteiger partial charge is 0.493 e. The molecule has 2 aromatic carbocycles. The van der Waals surface area contributed by atoms with Crippen molar-refractivity contribution in [3.63, 3.8) is 0 Å². The van der Waals surface area contributed by atoms with Gasteiger partial charge >= 0.3 is 0 Å². The lowest BCUT2D eigenvalue weighted by Gasteiger charge is -2.12. The van der Waals surface area contributed by atoms with Gasteiger partial charge in [-0.15, -0.1) is 0 Å². The monoisotopic (exact) mass is 432 g/mol. The molecular weight excluding hydrogens is 412 g/mol. The maximum atomic E-state index is 5.41. The zero-order valence-corrected chi connectivity index (χ0v) is 17.5. The normalized spacial score (nSPS) is 11.9. The lowest BCUT2D eigenvalue weighted by atomic mass is 10.2. The van der Waals surface area contributed by atoms with Crippen molar-refractivity contribution in [2.24, 2.45) is 0 Å². The minimum atomic E-state index is 0.260. The highest BCUT2D eigenvalue weighted by atomic mass is 16.7.